The van der Waals surface area contributed by atoms with Crippen molar-refractivity contribution in [2.45, 2.75) is 45.7 Å². The largest absolute Gasteiger partial charge is 0.366 e. The molecule has 0 aliphatic carbocycles. The maximum Gasteiger partial charge on any atom is 0.0994 e. The van der Waals surface area contributed by atoms with Gasteiger partial charge in [-0.25, -0.2) is 0 Å². The molecule has 2 nitrogen and oxygen atoms in total. The molecule has 1 heterocycles. The van der Waals surface area contributed by atoms with Crippen LogP contribution in [0.3, 0.4) is 0 Å². The van der Waals surface area contributed by atoms with Crippen molar-refractivity contribution in [1.29, 1.82) is 0 Å². The second kappa shape index (κ2) is 4.07. The highest BCUT2D eigenvalue weighted by Gasteiger charge is 2.18. The fourth-order valence-electron chi connectivity index (χ4n) is 1.60. The Morgan fingerprint density at radius 1 is 1.45 bits per heavy atom. The van der Waals surface area contributed by atoms with Crippen molar-refractivity contribution in [3.05, 3.63) is 0 Å². The summed E-state index contributed by atoms with van der Waals surface area (Å²) in [7, 11) is 0. The summed E-state index contributed by atoms with van der Waals surface area (Å²) in [5, 5.41) is 0. The van der Waals surface area contributed by atoms with Crippen molar-refractivity contribution >= 4 is 0 Å². The molecule has 1 rings (SSSR count). The fraction of sp³-hybridized carbons (Fsp3) is 1.00. The molecule has 2 heteroatoms. The minimum Gasteiger partial charge on any atom is -0.366 e. The molecule has 0 saturated carbocycles. The van der Waals surface area contributed by atoms with E-state index in [-0.39, 0.29) is 0 Å². The van der Waals surface area contributed by atoms with E-state index in [2.05, 4.69) is 25.7 Å². The number of hydrogen-bond acceptors (Lipinski definition) is 2. The van der Waals surface area contributed by atoms with Gasteiger partial charge in [-0.1, -0.05) is 0 Å². The molecule has 0 bridgehead atoms. The number of rotatable bonds is 1. The van der Waals surface area contributed by atoms with E-state index in [1.165, 1.54) is 12.8 Å². The number of ether oxygens (including phenoxy) is 1. The molecule has 1 aliphatic rings. The lowest BCUT2D eigenvalue weighted by molar-refractivity contribution is 0.0144. The highest BCUT2D eigenvalue weighted by Crippen LogP contribution is 2.13. The molecule has 0 spiro atoms. The van der Waals surface area contributed by atoms with E-state index in [0.29, 0.717) is 12.1 Å². The standard InChI is InChI=1S/C9H19NO/c1-8(2)10-7-11-6-4-5-9(10)3/h8-9H,4-7H2,1-3H3. The fourth-order valence-corrected chi connectivity index (χ4v) is 1.60. The summed E-state index contributed by atoms with van der Waals surface area (Å²) >= 11 is 0. The summed E-state index contributed by atoms with van der Waals surface area (Å²) in [6.07, 6.45) is 2.49. The molecule has 1 unspecified atom stereocenters. The first kappa shape index (κ1) is 9.01. The van der Waals surface area contributed by atoms with Gasteiger partial charge in [0.15, 0.2) is 0 Å². The van der Waals surface area contributed by atoms with Gasteiger partial charge in [-0.05, 0) is 33.6 Å². The summed E-state index contributed by atoms with van der Waals surface area (Å²) < 4.78 is 5.46. The van der Waals surface area contributed by atoms with Crippen LogP contribution in [0.5, 0.6) is 0 Å². The molecule has 1 aliphatic heterocycles. The molecule has 0 radical (unpaired) electrons. The Labute approximate surface area is 69.5 Å². The molecule has 66 valence electrons. The zero-order valence-corrected chi connectivity index (χ0v) is 7.84. The Balaban J connectivity index is 2.45. The predicted molar refractivity (Wildman–Crippen MR) is 46.5 cm³/mol. The van der Waals surface area contributed by atoms with E-state index >= 15 is 0 Å². The normalized spacial score (nSPS) is 28.9. The smallest absolute Gasteiger partial charge is 0.0994 e. The zero-order valence-electron chi connectivity index (χ0n) is 7.84. The third-order valence-electron chi connectivity index (χ3n) is 2.38. The summed E-state index contributed by atoms with van der Waals surface area (Å²) in [5.74, 6) is 0. The molecule has 0 N–H and O–H groups in total. The summed E-state index contributed by atoms with van der Waals surface area (Å²) in [4.78, 5) is 2.41. The average Bonchev–Trinajstić information content (AvgIpc) is 2.13. The van der Waals surface area contributed by atoms with E-state index in [0.717, 1.165) is 13.3 Å². The first-order chi connectivity index (χ1) is 5.22. The average molecular weight is 157 g/mol. The maximum absolute atomic E-state index is 5.46. The summed E-state index contributed by atoms with van der Waals surface area (Å²) in [6.45, 7) is 8.50. The van der Waals surface area contributed by atoms with Gasteiger partial charge in [-0.3, -0.25) is 4.90 Å². The van der Waals surface area contributed by atoms with Crippen LogP contribution in [0.25, 0.3) is 0 Å². The van der Waals surface area contributed by atoms with Crippen LogP contribution in [0.2, 0.25) is 0 Å². The van der Waals surface area contributed by atoms with Crippen molar-refractivity contribution < 1.29 is 4.74 Å². The lowest BCUT2D eigenvalue weighted by atomic mass is 10.1. The molecule has 0 aromatic rings. The van der Waals surface area contributed by atoms with Crippen molar-refractivity contribution in [1.82, 2.24) is 4.90 Å². The van der Waals surface area contributed by atoms with E-state index in [1.807, 2.05) is 0 Å². The van der Waals surface area contributed by atoms with E-state index in [1.54, 1.807) is 0 Å². The van der Waals surface area contributed by atoms with Crippen LogP contribution in [-0.2, 0) is 4.74 Å². The van der Waals surface area contributed by atoms with Crippen molar-refractivity contribution in [2.75, 3.05) is 13.3 Å². The quantitative estimate of drug-likeness (QED) is 0.576. The minimum atomic E-state index is 0.614. The van der Waals surface area contributed by atoms with Gasteiger partial charge in [0.2, 0.25) is 0 Å². The third-order valence-corrected chi connectivity index (χ3v) is 2.38. The lowest BCUT2D eigenvalue weighted by Gasteiger charge is -2.29. The van der Waals surface area contributed by atoms with Crippen LogP contribution >= 0.6 is 0 Å². The lowest BCUT2D eigenvalue weighted by Crippen LogP contribution is -2.38. The van der Waals surface area contributed by atoms with Crippen LogP contribution in [0, 0.1) is 0 Å². The third kappa shape index (κ3) is 2.46. The first-order valence-corrected chi connectivity index (χ1v) is 4.55. The van der Waals surface area contributed by atoms with Crippen molar-refractivity contribution in [2.24, 2.45) is 0 Å². The van der Waals surface area contributed by atoms with Crippen LogP contribution in [0.1, 0.15) is 33.6 Å². The topological polar surface area (TPSA) is 12.5 Å². The molecule has 1 atom stereocenters. The van der Waals surface area contributed by atoms with Crippen LogP contribution in [-0.4, -0.2) is 30.3 Å². The first-order valence-electron chi connectivity index (χ1n) is 4.55. The van der Waals surface area contributed by atoms with Gasteiger partial charge in [0.25, 0.3) is 0 Å². The van der Waals surface area contributed by atoms with Gasteiger partial charge in [0.05, 0.1) is 6.73 Å². The van der Waals surface area contributed by atoms with Crippen LogP contribution < -0.4 is 0 Å². The van der Waals surface area contributed by atoms with E-state index < -0.39 is 0 Å². The molecule has 1 fully saturated rings. The Kier molecular flexibility index (Phi) is 3.34. The Morgan fingerprint density at radius 3 is 2.82 bits per heavy atom. The predicted octanol–water partition coefficient (Wildman–Crippen LogP) is 1.85. The van der Waals surface area contributed by atoms with Crippen LogP contribution in [0.4, 0.5) is 0 Å². The molecule has 0 aromatic carbocycles. The monoisotopic (exact) mass is 157 g/mol. The minimum absolute atomic E-state index is 0.614. The second-order valence-corrected chi connectivity index (χ2v) is 3.64. The Morgan fingerprint density at radius 2 is 2.18 bits per heavy atom. The van der Waals surface area contributed by atoms with Crippen molar-refractivity contribution in [3.63, 3.8) is 0 Å². The summed E-state index contributed by atoms with van der Waals surface area (Å²) in [6, 6.07) is 1.31. The van der Waals surface area contributed by atoms with Gasteiger partial charge in [0, 0.05) is 18.7 Å². The van der Waals surface area contributed by atoms with E-state index in [9.17, 15) is 0 Å². The zero-order chi connectivity index (χ0) is 8.27. The molecular formula is C9H19NO. The Bertz CT molecular complexity index is 114. The number of hydrogen-bond donors (Lipinski definition) is 0. The molecule has 0 amide bonds. The molecular weight excluding hydrogens is 138 g/mol. The second-order valence-electron chi connectivity index (χ2n) is 3.64. The van der Waals surface area contributed by atoms with E-state index in [4.69, 9.17) is 4.74 Å². The summed E-state index contributed by atoms with van der Waals surface area (Å²) in [5.41, 5.74) is 0. The number of nitrogens with zero attached hydrogens (tertiary/aromatic N) is 1. The highest BCUT2D eigenvalue weighted by atomic mass is 16.5. The SMILES string of the molecule is CC(C)N1COCCCC1C. The molecule has 1 saturated heterocycles. The maximum atomic E-state index is 5.46. The Hall–Kier alpha value is -0.0800. The van der Waals surface area contributed by atoms with Gasteiger partial charge < -0.3 is 4.74 Å². The van der Waals surface area contributed by atoms with Gasteiger partial charge in [0.1, 0.15) is 0 Å². The highest BCUT2D eigenvalue weighted by molar-refractivity contribution is 4.70. The van der Waals surface area contributed by atoms with Gasteiger partial charge in [-0.2, -0.15) is 0 Å². The molecule has 11 heavy (non-hydrogen) atoms. The van der Waals surface area contributed by atoms with Gasteiger partial charge >= 0.3 is 0 Å². The van der Waals surface area contributed by atoms with Gasteiger partial charge in [-0.15, -0.1) is 0 Å². The molecule has 0 aromatic heterocycles. The van der Waals surface area contributed by atoms with Crippen LogP contribution in [0.15, 0.2) is 0 Å². The van der Waals surface area contributed by atoms with Crippen molar-refractivity contribution in [3.8, 4) is 0 Å².